The summed E-state index contributed by atoms with van der Waals surface area (Å²) in [6.45, 7) is 4.81. The minimum absolute atomic E-state index is 0.0700. The molecular weight excluding hydrogens is 178 g/mol. The topological polar surface area (TPSA) is 40.5 Å². The summed E-state index contributed by atoms with van der Waals surface area (Å²) in [5.41, 5.74) is 1.03. The monoisotopic (exact) mass is 193 g/mol. The van der Waals surface area contributed by atoms with Crippen LogP contribution in [-0.2, 0) is 11.3 Å². The number of aromatic hydroxyl groups is 1. The Labute approximate surface area is 84.0 Å². The third-order valence-corrected chi connectivity index (χ3v) is 2.14. The number of carbonyl (C=O) groups is 1. The van der Waals surface area contributed by atoms with Crippen molar-refractivity contribution in [2.45, 2.75) is 20.4 Å². The molecule has 0 unspecified atom stereocenters. The zero-order valence-corrected chi connectivity index (χ0v) is 8.53. The van der Waals surface area contributed by atoms with Crippen molar-refractivity contribution in [1.82, 2.24) is 4.90 Å². The second-order valence-electron chi connectivity index (χ2n) is 3.20. The van der Waals surface area contributed by atoms with Crippen LogP contribution < -0.4 is 0 Å². The number of amides is 1. The van der Waals surface area contributed by atoms with E-state index in [0.29, 0.717) is 13.1 Å². The predicted octanol–water partition coefficient (Wildman–Crippen LogP) is 1.76. The lowest BCUT2D eigenvalue weighted by Crippen LogP contribution is -2.27. The molecule has 0 radical (unpaired) electrons. The van der Waals surface area contributed by atoms with E-state index in [0.717, 1.165) is 5.56 Å². The van der Waals surface area contributed by atoms with E-state index in [4.69, 9.17) is 5.11 Å². The number of carbonyl (C=O) groups excluding carboxylic acids is 1. The zero-order valence-electron chi connectivity index (χ0n) is 8.53. The van der Waals surface area contributed by atoms with Gasteiger partial charge < -0.3 is 10.0 Å². The molecule has 3 heteroatoms. The largest absolute Gasteiger partial charge is 0.508 e. The standard InChI is InChI=1S/C11H15NO2/c1-3-12(9(2)13)8-10-4-6-11(14)7-5-10/h4-7,14H,3,8H2,1-2H3. The SMILES string of the molecule is CCN(Cc1ccc(O)cc1)C(C)=O. The summed E-state index contributed by atoms with van der Waals surface area (Å²) < 4.78 is 0. The molecule has 0 bridgehead atoms. The maximum atomic E-state index is 11.1. The summed E-state index contributed by atoms with van der Waals surface area (Å²) in [5, 5.41) is 9.08. The Bertz CT molecular complexity index is 306. The van der Waals surface area contributed by atoms with Gasteiger partial charge in [0.25, 0.3) is 0 Å². The van der Waals surface area contributed by atoms with Gasteiger partial charge in [-0.15, -0.1) is 0 Å². The average molecular weight is 193 g/mol. The van der Waals surface area contributed by atoms with E-state index in [1.807, 2.05) is 19.1 Å². The number of hydrogen-bond acceptors (Lipinski definition) is 2. The van der Waals surface area contributed by atoms with Crippen molar-refractivity contribution in [3.8, 4) is 5.75 Å². The lowest BCUT2D eigenvalue weighted by Gasteiger charge is -2.18. The number of hydrogen-bond donors (Lipinski definition) is 1. The van der Waals surface area contributed by atoms with Gasteiger partial charge in [0, 0.05) is 20.0 Å². The van der Waals surface area contributed by atoms with Gasteiger partial charge >= 0.3 is 0 Å². The van der Waals surface area contributed by atoms with Crippen LogP contribution in [0.5, 0.6) is 5.75 Å². The van der Waals surface area contributed by atoms with Gasteiger partial charge in [0.05, 0.1) is 0 Å². The number of phenols is 1. The minimum atomic E-state index is 0.0700. The van der Waals surface area contributed by atoms with E-state index >= 15 is 0 Å². The number of rotatable bonds is 3. The summed E-state index contributed by atoms with van der Waals surface area (Å²) in [6, 6.07) is 6.90. The van der Waals surface area contributed by atoms with Crippen LogP contribution in [0.25, 0.3) is 0 Å². The highest BCUT2D eigenvalue weighted by molar-refractivity contribution is 5.73. The fourth-order valence-electron chi connectivity index (χ4n) is 1.27. The molecule has 0 aromatic heterocycles. The van der Waals surface area contributed by atoms with Crippen LogP contribution in [0, 0.1) is 0 Å². The van der Waals surface area contributed by atoms with Crippen molar-refractivity contribution >= 4 is 5.91 Å². The van der Waals surface area contributed by atoms with Gasteiger partial charge in [0.2, 0.25) is 5.91 Å². The fraction of sp³-hybridized carbons (Fsp3) is 0.364. The third kappa shape index (κ3) is 2.76. The molecule has 1 rings (SSSR count). The first-order chi connectivity index (χ1) is 6.63. The fourth-order valence-corrected chi connectivity index (χ4v) is 1.27. The lowest BCUT2D eigenvalue weighted by molar-refractivity contribution is -0.129. The van der Waals surface area contributed by atoms with Gasteiger partial charge in [-0.3, -0.25) is 4.79 Å². The van der Waals surface area contributed by atoms with Crippen molar-refractivity contribution in [2.24, 2.45) is 0 Å². The van der Waals surface area contributed by atoms with Gasteiger partial charge in [-0.05, 0) is 24.6 Å². The van der Waals surface area contributed by atoms with Crippen LogP contribution >= 0.6 is 0 Å². The summed E-state index contributed by atoms with van der Waals surface area (Å²) in [4.78, 5) is 12.9. The normalized spacial score (nSPS) is 9.86. The molecule has 0 heterocycles. The van der Waals surface area contributed by atoms with E-state index in [-0.39, 0.29) is 11.7 Å². The van der Waals surface area contributed by atoms with Crippen molar-refractivity contribution in [3.63, 3.8) is 0 Å². The highest BCUT2D eigenvalue weighted by Gasteiger charge is 2.05. The van der Waals surface area contributed by atoms with Crippen molar-refractivity contribution in [2.75, 3.05) is 6.54 Å². The van der Waals surface area contributed by atoms with Gasteiger partial charge in [0.15, 0.2) is 0 Å². The molecule has 0 aliphatic rings. The summed E-state index contributed by atoms with van der Waals surface area (Å²) >= 11 is 0. The molecule has 0 fully saturated rings. The summed E-state index contributed by atoms with van der Waals surface area (Å²) in [6.07, 6.45) is 0. The molecule has 14 heavy (non-hydrogen) atoms. The maximum absolute atomic E-state index is 11.1. The lowest BCUT2D eigenvalue weighted by atomic mass is 10.2. The summed E-state index contributed by atoms with van der Waals surface area (Å²) in [7, 11) is 0. The van der Waals surface area contributed by atoms with Gasteiger partial charge in [-0.2, -0.15) is 0 Å². The smallest absolute Gasteiger partial charge is 0.219 e. The highest BCUT2D eigenvalue weighted by atomic mass is 16.3. The van der Waals surface area contributed by atoms with Gasteiger partial charge in [0.1, 0.15) is 5.75 Å². The molecule has 1 aromatic rings. The quantitative estimate of drug-likeness (QED) is 0.794. The first kappa shape index (κ1) is 10.6. The predicted molar refractivity (Wildman–Crippen MR) is 54.9 cm³/mol. The van der Waals surface area contributed by atoms with Crippen LogP contribution in [0.3, 0.4) is 0 Å². The molecule has 0 saturated heterocycles. The Morgan fingerprint density at radius 2 is 1.93 bits per heavy atom. The highest BCUT2D eigenvalue weighted by Crippen LogP contribution is 2.11. The van der Waals surface area contributed by atoms with E-state index in [1.54, 1.807) is 24.0 Å². The molecule has 1 N–H and O–H groups in total. The molecule has 3 nitrogen and oxygen atoms in total. The van der Waals surface area contributed by atoms with Gasteiger partial charge in [-0.1, -0.05) is 12.1 Å². The van der Waals surface area contributed by atoms with Crippen LogP contribution in [-0.4, -0.2) is 22.5 Å². The zero-order chi connectivity index (χ0) is 10.6. The minimum Gasteiger partial charge on any atom is -0.508 e. The van der Waals surface area contributed by atoms with Crippen LogP contribution in [0.15, 0.2) is 24.3 Å². The summed E-state index contributed by atoms with van der Waals surface area (Å²) in [5.74, 6) is 0.320. The average Bonchev–Trinajstić information content (AvgIpc) is 2.16. The Balaban J connectivity index is 2.67. The second-order valence-corrected chi connectivity index (χ2v) is 3.20. The number of phenolic OH excluding ortho intramolecular Hbond substituents is 1. The molecule has 0 atom stereocenters. The first-order valence-electron chi connectivity index (χ1n) is 4.67. The number of benzene rings is 1. The Hall–Kier alpha value is -1.51. The van der Waals surface area contributed by atoms with Crippen LogP contribution in [0.4, 0.5) is 0 Å². The van der Waals surface area contributed by atoms with Gasteiger partial charge in [-0.25, -0.2) is 0 Å². The Morgan fingerprint density at radius 1 is 1.36 bits per heavy atom. The maximum Gasteiger partial charge on any atom is 0.219 e. The van der Waals surface area contributed by atoms with Crippen molar-refractivity contribution < 1.29 is 9.90 Å². The second kappa shape index (κ2) is 4.65. The number of nitrogens with zero attached hydrogens (tertiary/aromatic N) is 1. The molecule has 76 valence electrons. The molecule has 1 amide bonds. The third-order valence-electron chi connectivity index (χ3n) is 2.14. The Kier molecular flexibility index (Phi) is 3.51. The molecule has 0 spiro atoms. The van der Waals surface area contributed by atoms with Crippen LogP contribution in [0.1, 0.15) is 19.4 Å². The van der Waals surface area contributed by atoms with E-state index in [2.05, 4.69) is 0 Å². The molecular formula is C11H15NO2. The Morgan fingerprint density at radius 3 is 2.36 bits per heavy atom. The van der Waals surface area contributed by atoms with E-state index < -0.39 is 0 Å². The van der Waals surface area contributed by atoms with Crippen molar-refractivity contribution in [3.05, 3.63) is 29.8 Å². The van der Waals surface area contributed by atoms with E-state index in [1.165, 1.54) is 0 Å². The molecule has 0 aliphatic heterocycles. The molecule has 1 aromatic carbocycles. The molecule has 0 aliphatic carbocycles. The first-order valence-corrected chi connectivity index (χ1v) is 4.67. The van der Waals surface area contributed by atoms with Crippen LogP contribution in [0.2, 0.25) is 0 Å². The van der Waals surface area contributed by atoms with Crippen molar-refractivity contribution in [1.29, 1.82) is 0 Å². The van der Waals surface area contributed by atoms with E-state index in [9.17, 15) is 4.79 Å². The molecule has 0 saturated carbocycles.